The van der Waals surface area contributed by atoms with Crippen LogP contribution in [-0.4, -0.2) is 132 Å². The Morgan fingerprint density at radius 1 is 0.803 bits per heavy atom. The summed E-state index contributed by atoms with van der Waals surface area (Å²) in [5.41, 5.74) is 2.03. The third-order valence-corrected chi connectivity index (χ3v) is 18.3. The fourth-order valence-electron chi connectivity index (χ4n) is 13.9. The van der Waals surface area contributed by atoms with Gasteiger partial charge in [-0.25, -0.2) is 0 Å². The number of fused-ring (bicyclic) bond motifs is 11. The first-order chi connectivity index (χ1) is 31.9. The molecule has 66 heavy (non-hydrogen) atoms. The first-order valence-electron chi connectivity index (χ1n) is 24.9. The molecule has 0 spiro atoms. The van der Waals surface area contributed by atoms with Crippen LogP contribution in [0.25, 0.3) is 20.2 Å². The number of hydrogen-bond acceptors (Lipinski definition) is 13. The molecule has 7 aliphatic rings. The van der Waals surface area contributed by atoms with E-state index in [4.69, 9.17) is 37.9 Å². The summed E-state index contributed by atoms with van der Waals surface area (Å²) in [5, 5.41) is 2.54. The van der Waals surface area contributed by atoms with E-state index in [0.29, 0.717) is 18.4 Å². The molecule has 3 aliphatic carbocycles. The number of allylic oxidation sites excluding steroid dienone is 2. The van der Waals surface area contributed by atoms with Gasteiger partial charge in [0, 0.05) is 54.7 Å². The van der Waals surface area contributed by atoms with E-state index in [1.165, 1.54) is 25.9 Å². The Labute approximate surface area is 394 Å². The number of rotatable bonds is 10. The zero-order valence-electron chi connectivity index (χ0n) is 40.3. The number of ketones is 1. The van der Waals surface area contributed by atoms with E-state index in [2.05, 4.69) is 93.2 Å². The van der Waals surface area contributed by atoms with Gasteiger partial charge < -0.3 is 47.7 Å². The second-order valence-corrected chi connectivity index (χ2v) is 21.8. The van der Waals surface area contributed by atoms with E-state index in [1.54, 1.807) is 21.3 Å². The molecule has 360 valence electrons. The van der Waals surface area contributed by atoms with E-state index >= 15 is 4.79 Å². The number of carbonyl (C=O) groups excluding carboxylic acids is 2. The van der Waals surface area contributed by atoms with Crippen LogP contribution in [0.3, 0.4) is 0 Å². The molecule has 2 aromatic carbocycles. The zero-order valence-corrected chi connectivity index (χ0v) is 41.2. The number of ether oxygens (including phenoxy) is 8. The van der Waals surface area contributed by atoms with Gasteiger partial charge in [-0.2, -0.15) is 0 Å². The lowest BCUT2D eigenvalue weighted by Gasteiger charge is -2.44. The fourth-order valence-corrected chi connectivity index (χ4v) is 15.1. The monoisotopic (exact) mass is 928 g/mol. The number of thiophene rings is 1. The molecular formula is C53H72N2O10S. The number of carbonyl (C=O) groups is 2. The van der Waals surface area contributed by atoms with E-state index in [9.17, 15) is 4.79 Å². The van der Waals surface area contributed by atoms with Crippen LogP contribution in [-0.2, 0) is 47.5 Å². The first-order valence-corrected chi connectivity index (χ1v) is 25.8. The summed E-state index contributed by atoms with van der Waals surface area (Å²) in [5.74, 6) is -0.146. The minimum Gasteiger partial charge on any atom is -0.462 e. The van der Waals surface area contributed by atoms with Crippen LogP contribution in [0.2, 0.25) is 0 Å². The minimum atomic E-state index is -0.636. The number of esters is 1. The molecule has 4 saturated heterocycles. The molecule has 2 saturated carbocycles. The molecule has 13 heteroatoms. The molecule has 19 atom stereocenters. The van der Waals surface area contributed by atoms with Crippen molar-refractivity contribution in [3.8, 4) is 0 Å². The number of cyclic esters (lactones) is 1. The molecule has 0 bridgehead atoms. The molecular weight excluding hydrogens is 857 g/mol. The summed E-state index contributed by atoms with van der Waals surface area (Å²) < 4.78 is 53.7. The van der Waals surface area contributed by atoms with Gasteiger partial charge >= 0.3 is 5.97 Å². The highest BCUT2D eigenvalue weighted by atomic mass is 32.1. The van der Waals surface area contributed by atoms with Crippen molar-refractivity contribution in [2.24, 2.45) is 35.5 Å². The van der Waals surface area contributed by atoms with E-state index in [1.807, 2.05) is 18.3 Å². The van der Waals surface area contributed by atoms with Crippen molar-refractivity contribution in [3.05, 3.63) is 54.1 Å². The SMILES string of the molecule is CC[C@H]1CCC[C@H](O[C@H]2CC[C@H](N(C)C)C(C)O2)[C@@H](C)C(=O)C2=C[C@H]3[C@@H]4C[C@H](O[C@@H]5OC(C)[C@H](OC)C(OC)[C@@H]5OC)C[C@H]4[C@H]4[C@@H]([C@H]3[C@@H]2CC(=O)O1)N4c1cccc2c1sc1ccccc12. The summed E-state index contributed by atoms with van der Waals surface area (Å²) in [6, 6.07) is 16.1. The topological polar surface area (TPSA) is 114 Å². The Morgan fingerprint density at radius 2 is 1.56 bits per heavy atom. The van der Waals surface area contributed by atoms with Gasteiger partial charge in [-0.15, -0.1) is 11.3 Å². The van der Waals surface area contributed by atoms with Crippen LogP contribution in [0.1, 0.15) is 85.5 Å². The number of Topliss-reactive ketones (excluding diaryl/α,β-unsaturated/α-hetero) is 1. The fraction of sp³-hybridized carbons (Fsp3) is 0.698. The van der Waals surface area contributed by atoms with Crippen LogP contribution < -0.4 is 4.90 Å². The van der Waals surface area contributed by atoms with E-state index in [0.717, 1.165) is 50.5 Å². The first kappa shape index (κ1) is 46.7. The van der Waals surface area contributed by atoms with Gasteiger partial charge in [0.1, 0.15) is 24.4 Å². The molecule has 6 fully saturated rings. The van der Waals surface area contributed by atoms with Gasteiger partial charge in [-0.3, -0.25) is 9.59 Å². The Hall–Kier alpha value is -2.98. The van der Waals surface area contributed by atoms with Crippen molar-refractivity contribution in [3.63, 3.8) is 0 Å². The molecule has 3 aromatic rings. The summed E-state index contributed by atoms with van der Waals surface area (Å²) in [7, 11) is 9.24. The van der Waals surface area contributed by atoms with Gasteiger partial charge in [-0.1, -0.05) is 50.3 Å². The summed E-state index contributed by atoms with van der Waals surface area (Å²) in [6.07, 6.45) is 5.88. The van der Waals surface area contributed by atoms with E-state index < -0.39 is 18.3 Å². The van der Waals surface area contributed by atoms with Gasteiger partial charge in [0.15, 0.2) is 18.4 Å². The molecule has 0 N–H and O–H groups in total. The maximum atomic E-state index is 15.4. The lowest BCUT2D eigenvalue weighted by molar-refractivity contribution is -0.314. The van der Waals surface area contributed by atoms with Crippen LogP contribution in [0.15, 0.2) is 54.1 Å². The molecule has 4 aliphatic heterocycles. The van der Waals surface area contributed by atoms with Gasteiger partial charge in [0.2, 0.25) is 0 Å². The third kappa shape index (κ3) is 8.27. The normalized spacial score (nSPS) is 41.7. The number of methoxy groups -OCH3 is 3. The molecule has 1 aromatic heterocycles. The van der Waals surface area contributed by atoms with Crippen molar-refractivity contribution >= 4 is 48.9 Å². The second kappa shape index (κ2) is 19.1. The lowest BCUT2D eigenvalue weighted by atomic mass is 9.66. The highest BCUT2D eigenvalue weighted by Gasteiger charge is 2.69. The van der Waals surface area contributed by atoms with Crippen LogP contribution in [0, 0.1) is 35.5 Å². The average Bonchev–Trinajstić information content (AvgIpc) is 3.53. The van der Waals surface area contributed by atoms with Crippen molar-refractivity contribution in [2.45, 2.75) is 165 Å². The highest BCUT2D eigenvalue weighted by Crippen LogP contribution is 2.66. The lowest BCUT2D eigenvalue weighted by Crippen LogP contribution is -2.59. The van der Waals surface area contributed by atoms with Crippen molar-refractivity contribution in [1.82, 2.24) is 4.90 Å². The van der Waals surface area contributed by atoms with Crippen LogP contribution >= 0.6 is 11.3 Å². The van der Waals surface area contributed by atoms with Gasteiger partial charge in [-0.05, 0) is 121 Å². The maximum Gasteiger partial charge on any atom is 0.306 e. The maximum absolute atomic E-state index is 15.4. The Balaban J connectivity index is 1.01. The van der Waals surface area contributed by atoms with Gasteiger partial charge in [0.25, 0.3) is 0 Å². The van der Waals surface area contributed by atoms with E-state index in [-0.39, 0.29) is 103 Å². The molecule has 12 nitrogen and oxygen atoms in total. The highest BCUT2D eigenvalue weighted by molar-refractivity contribution is 7.26. The van der Waals surface area contributed by atoms with Crippen LogP contribution in [0.4, 0.5) is 5.69 Å². The largest absolute Gasteiger partial charge is 0.462 e. The molecule has 3 unspecified atom stereocenters. The molecule has 0 amide bonds. The molecule has 0 radical (unpaired) electrons. The second-order valence-electron chi connectivity index (χ2n) is 20.8. The summed E-state index contributed by atoms with van der Waals surface area (Å²) in [6.45, 7) is 8.27. The number of likely N-dealkylation sites (N-methyl/N-ethyl adjacent to an activating group) is 1. The Kier molecular flexibility index (Phi) is 13.5. The number of anilines is 1. The number of benzene rings is 2. The average molecular weight is 929 g/mol. The smallest absolute Gasteiger partial charge is 0.306 e. The predicted molar refractivity (Wildman–Crippen MR) is 254 cm³/mol. The van der Waals surface area contributed by atoms with Crippen LogP contribution in [0.5, 0.6) is 0 Å². The summed E-state index contributed by atoms with van der Waals surface area (Å²) >= 11 is 1.85. The van der Waals surface area contributed by atoms with Crippen molar-refractivity contribution < 1.29 is 47.5 Å². The Morgan fingerprint density at radius 3 is 2.30 bits per heavy atom. The van der Waals surface area contributed by atoms with Gasteiger partial charge in [0.05, 0.1) is 53.3 Å². The summed E-state index contributed by atoms with van der Waals surface area (Å²) in [4.78, 5) is 34.6. The molecule has 10 rings (SSSR count). The quantitative estimate of drug-likeness (QED) is 0.143. The van der Waals surface area contributed by atoms with Crippen molar-refractivity contribution in [1.29, 1.82) is 0 Å². The third-order valence-electron chi connectivity index (χ3n) is 17.1. The van der Waals surface area contributed by atoms with Crippen molar-refractivity contribution in [2.75, 3.05) is 40.3 Å². The Bertz CT molecular complexity index is 2270. The predicted octanol–water partition coefficient (Wildman–Crippen LogP) is 8.56. The minimum absolute atomic E-state index is 0.0158. The number of nitrogens with zero attached hydrogens (tertiary/aromatic N) is 2. The standard InChI is InChI=1S/C53H72N2O10S/c1-10-30-15-13-19-41(65-44-22-21-39(54(5)6)28(3)61-44)27(2)48(57)38-25-35-34-23-31(64-53-51(60-9)50(59-8)49(58-7)29(4)62-53)24-37(34)46-47(45(35)36(38)26-43(56)63-30)55(46)40-18-14-17-33-32-16-11-12-20-42(32)66-52(33)40/h11-12,14,16-18,20,25,27-31,34-37,39,41,44-47,49-51,53H,10,13,15,19,21-24,26H2,1-9H3/t27-,28?,29?,30+,31+,34+,35+,36-,37-,39+,41+,44+,45-,46+,47-,49+,50?,51+,53+,55?/m1/s1. The molecule has 5 heterocycles. The number of hydrogen-bond donors (Lipinski definition) is 0. The zero-order chi connectivity index (χ0) is 46.1.